The number of halogens is 3. The van der Waals surface area contributed by atoms with E-state index in [4.69, 9.17) is 5.73 Å². The number of anilines is 1. The summed E-state index contributed by atoms with van der Waals surface area (Å²) < 4.78 is 36.7. The van der Waals surface area contributed by atoms with E-state index in [0.717, 1.165) is 10.5 Å². The molecule has 1 rings (SSSR count). The third-order valence-corrected chi connectivity index (χ3v) is 2.25. The Kier molecular flexibility index (Phi) is 3.74. The van der Waals surface area contributed by atoms with Crippen LogP contribution in [0.4, 0.5) is 19.0 Å². The van der Waals surface area contributed by atoms with Crippen molar-refractivity contribution >= 4 is 5.82 Å². The molecule has 0 bridgehead atoms. The van der Waals surface area contributed by atoms with Crippen molar-refractivity contribution in [2.24, 2.45) is 5.73 Å². The average Bonchev–Trinajstić information content (AvgIpc) is 2.14. The van der Waals surface area contributed by atoms with Crippen molar-refractivity contribution in [1.29, 1.82) is 0 Å². The Hall–Kier alpha value is -1.30. The van der Waals surface area contributed by atoms with Crippen LogP contribution in [0.2, 0.25) is 0 Å². The third-order valence-electron chi connectivity index (χ3n) is 2.25. The smallest absolute Gasteiger partial charge is 0.350 e. The molecule has 0 aliphatic carbocycles. The van der Waals surface area contributed by atoms with E-state index in [9.17, 15) is 13.2 Å². The zero-order valence-electron chi connectivity index (χ0n) is 9.17. The molecule has 0 saturated heterocycles. The molecule has 3 nitrogen and oxygen atoms in total. The van der Waals surface area contributed by atoms with Crippen LogP contribution >= 0.6 is 0 Å². The first-order valence-electron chi connectivity index (χ1n) is 4.77. The van der Waals surface area contributed by atoms with Gasteiger partial charge in [-0.15, -0.1) is 0 Å². The number of aromatic nitrogens is 1. The van der Waals surface area contributed by atoms with Crippen LogP contribution < -0.4 is 10.6 Å². The van der Waals surface area contributed by atoms with Crippen LogP contribution in [0.15, 0.2) is 12.3 Å². The van der Waals surface area contributed by atoms with Gasteiger partial charge in [0.05, 0.1) is 0 Å². The summed E-state index contributed by atoms with van der Waals surface area (Å²) >= 11 is 0. The molecule has 0 radical (unpaired) electrons. The number of aryl methyl sites for hydroxylation is 1. The number of nitrogens with two attached hydrogens (primary N) is 1. The van der Waals surface area contributed by atoms with E-state index in [2.05, 4.69) is 4.98 Å². The second-order valence-corrected chi connectivity index (χ2v) is 3.61. The Morgan fingerprint density at radius 1 is 1.44 bits per heavy atom. The Labute approximate surface area is 92.1 Å². The summed E-state index contributed by atoms with van der Waals surface area (Å²) in [4.78, 5) is 5.01. The van der Waals surface area contributed by atoms with Gasteiger partial charge in [-0.3, -0.25) is 0 Å². The monoisotopic (exact) mass is 233 g/mol. The minimum Gasteiger partial charge on any atom is -0.350 e. The van der Waals surface area contributed by atoms with Gasteiger partial charge in [-0.1, -0.05) is 0 Å². The molecule has 0 amide bonds. The normalized spacial score (nSPS) is 11.6. The van der Waals surface area contributed by atoms with Crippen molar-refractivity contribution < 1.29 is 13.2 Å². The van der Waals surface area contributed by atoms with E-state index < -0.39 is 12.7 Å². The fraction of sp³-hybridized carbons (Fsp3) is 0.500. The standard InChI is InChI=1S/C10H14F3N3/c1-7-3-4-15-9(8(7)5-14)16(2)6-10(11,12)13/h3-4H,5-6,14H2,1-2H3. The van der Waals surface area contributed by atoms with Crippen molar-refractivity contribution in [3.8, 4) is 0 Å². The van der Waals surface area contributed by atoms with Crippen LogP contribution in [0, 0.1) is 6.92 Å². The number of hydrogen-bond donors (Lipinski definition) is 1. The molecule has 1 aromatic rings. The van der Waals surface area contributed by atoms with Crippen LogP contribution in [-0.2, 0) is 6.54 Å². The highest BCUT2D eigenvalue weighted by Gasteiger charge is 2.30. The van der Waals surface area contributed by atoms with Gasteiger partial charge in [0.2, 0.25) is 0 Å². The molecule has 0 fully saturated rings. The molecule has 1 heterocycles. The summed E-state index contributed by atoms with van der Waals surface area (Å²) in [6.45, 7) is 0.947. The van der Waals surface area contributed by atoms with Crippen molar-refractivity contribution in [3.63, 3.8) is 0 Å². The lowest BCUT2D eigenvalue weighted by Crippen LogP contribution is -2.32. The first-order valence-corrected chi connectivity index (χ1v) is 4.77. The molecule has 0 aliphatic heterocycles. The van der Waals surface area contributed by atoms with E-state index in [-0.39, 0.29) is 6.54 Å². The summed E-state index contributed by atoms with van der Waals surface area (Å²) in [5.74, 6) is 0.292. The highest BCUT2D eigenvalue weighted by atomic mass is 19.4. The van der Waals surface area contributed by atoms with Crippen molar-refractivity contribution in [3.05, 3.63) is 23.4 Å². The second-order valence-electron chi connectivity index (χ2n) is 3.61. The predicted molar refractivity (Wildman–Crippen MR) is 56.2 cm³/mol. The molecule has 90 valence electrons. The van der Waals surface area contributed by atoms with E-state index in [0.29, 0.717) is 11.4 Å². The highest BCUT2D eigenvalue weighted by Crippen LogP contribution is 2.23. The molecule has 0 unspecified atom stereocenters. The molecule has 6 heteroatoms. The maximum absolute atomic E-state index is 12.2. The molecule has 0 saturated carbocycles. The number of pyridine rings is 1. The van der Waals surface area contributed by atoms with Crippen molar-refractivity contribution in [1.82, 2.24) is 4.98 Å². The van der Waals surface area contributed by atoms with Crippen LogP contribution in [0.1, 0.15) is 11.1 Å². The van der Waals surface area contributed by atoms with Crippen molar-refractivity contribution in [2.75, 3.05) is 18.5 Å². The summed E-state index contributed by atoms with van der Waals surface area (Å²) in [6, 6.07) is 1.73. The lowest BCUT2D eigenvalue weighted by molar-refractivity contribution is -0.119. The highest BCUT2D eigenvalue weighted by molar-refractivity contribution is 5.49. The van der Waals surface area contributed by atoms with Crippen LogP contribution in [0.25, 0.3) is 0 Å². The van der Waals surface area contributed by atoms with Gasteiger partial charge >= 0.3 is 6.18 Å². The van der Waals surface area contributed by atoms with Gasteiger partial charge in [0.1, 0.15) is 12.4 Å². The summed E-state index contributed by atoms with van der Waals surface area (Å²) in [6.07, 6.45) is -2.76. The minimum atomic E-state index is -4.24. The largest absolute Gasteiger partial charge is 0.405 e. The molecular formula is C10H14F3N3. The van der Waals surface area contributed by atoms with Gasteiger partial charge in [-0.25, -0.2) is 4.98 Å². The first kappa shape index (κ1) is 12.8. The average molecular weight is 233 g/mol. The number of rotatable bonds is 3. The maximum Gasteiger partial charge on any atom is 0.405 e. The summed E-state index contributed by atoms with van der Waals surface area (Å²) in [7, 11) is 1.36. The Balaban J connectivity index is 2.99. The number of alkyl halides is 3. The molecule has 0 aliphatic rings. The van der Waals surface area contributed by atoms with E-state index in [1.54, 1.807) is 13.0 Å². The van der Waals surface area contributed by atoms with E-state index in [1.165, 1.54) is 13.2 Å². The Bertz CT molecular complexity index is 363. The van der Waals surface area contributed by atoms with Crippen LogP contribution in [0.3, 0.4) is 0 Å². The van der Waals surface area contributed by atoms with E-state index in [1.807, 2.05) is 0 Å². The van der Waals surface area contributed by atoms with Gasteiger partial charge in [0, 0.05) is 25.4 Å². The molecule has 0 spiro atoms. The van der Waals surface area contributed by atoms with Crippen LogP contribution in [-0.4, -0.2) is 24.8 Å². The van der Waals surface area contributed by atoms with Gasteiger partial charge in [0.15, 0.2) is 0 Å². The van der Waals surface area contributed by atoms with Crippen molar-refractivity contribution in [2.45, 2.75) is 19.6 Å². The number of hydrogen-bond acceptors (Lipinski definition) is 3. The lowest BCUT2D eigenvalue weighted by atomic mass is 10.1. The Morgan fingerprint density at radius 3 is 2.56 bits per heavy atom. The molecule has 16 heavy (non-hydrogen) atoms. The molecule has 2 N–H and O–H groups in total. The Morgan fingerprint density at radius 2 is 2.06 bits per heavy atom. The molecule has 0 atom stereocenters. The second kappa shape index (κ2) is 4.69. The van der Waals surface area contributed by atoms with Crippen LogP contribution in [0.5, 0.6) is 0 Å². The topological polar surface area (TPSA) is 42.2 Å². The van der Waals surface area contributed by atoms with Gasteiger partial charge in [-0.2, -0.15) is 13.2 Å². The zero-order valence-corrected chi connectivity index (χ0v) is 9.17. The predicted octanol–water partition coefficient (Wildman–Crippen LogP) is 1.85. The summed E-state index contributed by atoms with van der Waals surface area (Å²) in [5.41, 5.74) is 7.00. The number of nitrogens with zero attached hydrogens (tertiary/aromatic N) is 2. The quantitative estimate of drug-likeness (QED) is 0.866. The third kappa shape index (κ3) is 3.10. The van der Waals surface area contributed by atoms with Gasteiger partial charge < -0.3 is 10.6 Å². The fourth-order valence-corrected chi connectivity index (χ4v) is 1.50. The SMILES string of the molecule is Cc1ccnc(N(C)CC(F)(F)F)c1CN. The fourth-order valence-electron chi connectivity index (χ4n) is 1.50. The van der Waals surface area contributed by atoms with Gasteiger partial charge in [0.25, 0.3) is 0 Å². The lowest BCUT2D eigenvalue weighted by Gasteiger charge is -2.22. The molecular weight excluding hydrogens is 219 g/mol. The minimum absolute atomic E-state index is 0.178. The van der Waals surface area contributed by atoms with Gasteiger partial charge in [-0.05, 0) is 18.6 Å². The summed E-state index contributed by atoms with van der Waals surface area (Å²) in [5, 5.41) is 0. The zero-order chi connectivity index (χ0) is 12.3. The maximum atomic E-state index is 12.2. The molecule has 0 aromatic carbocycles. The molecule has 1 aromatic heterocycles. The first-order chi connectivity index (χ1) is 7.35. The van der Waals surface area contributed by atoms with E-state index >= 15 is 0 Å².